The van der Waals surface area contributed by atoms with E-state index >= 15 is 0 Å². The predicted octanol–water partition coefficient (Wildman–Crippen LogP) is 4.10. The van der Waals surface area contributed by atoms with Crippen LogP contribution in [0.2, 0.25) is 0 Å². The molecule has 0 unspecified atom stereocenters. The van der Waals surface area contributed by atoms with Gasteiger partial charge >= 0.3 is 6.18 Å². The van der Waals surface area contributed by atoms with E-state index in [0.29, 0.717) is 35.7 Å². The summed E-state index contributed by atoms with van der Waals surface area (Å²) >= 11 is 0. The van der Waals surface area contributed by atoms with E-state index in [1.807, 2.05) is 4.90 Å². The maximum Gasteiger partial charge on any atom is 0.416 e. The summed E-state index contributed by atoms with van der Waals surface area (Å²) in [5.41, 5.74) is 0.707. The Bertz CT molecular complexity index is 1200. The van der Waals surface area contributed by atoms with Crippen molar-refractivity contribution < 1.29 is 27.8 Å². The van der Waals surface area contributed by atoms with Gasteiger partial charge in [-0.1, -0.05) is 24.3 Å². The average Bonchev–Trinajstić information content (AvgIpc) is 2.87. The number of aromatic nitrogens is 2. The highest BCUT2D eigenvalue weighted by molar-refractivity contribution is 5.94. The van der Waals surface area contributed by atoms with E-state index in [2.05, 4.69) is 15.5 Å². The number of likely N-dealkylation sites (tertiary alicyclic amines) is 1. The molecule has 7 nitrogen and oxygen atoms in total. The summed E-state index contributed by atoms with van der Waals surface area (Å²) in [7, 11) is 0. The summed E-state index contributed by atoms with van der Waals surface area (Å²) in [6, 6.07) is 15.4. The maximum absolute atomic E-state index is 12.9. The molecule has 0 aliphatic carbocycles. The van der Waals surface area contributed by atoms with E-state index in [0.717, 1.165) is 30.5 Å². The molecule has 0 saturated carbocycles. The molecule has 0 bridgehead atoms. The number of carbonyl (C=O) groups is 1. The van der Waals surface area contributed by atoms with Gasteiger partial charge in [-0.05, 0) is 54.8 Å². The molecule has 188 valence electrons. The van der Waals surface area contributed by atoms with Crippen LogP contribution < -0.4 is 5.32 Å². The molecule has 2 aromatic carbocycles. The van der Waals surface area contributed by atoms with Crippen LogP contribution in [-0.2, 0) is 16.5 Å². The standard InChI is InChI=1S/C26H25F3N4O3/c27-26(28,29)20-7-1-17(2-8-20)22-9-10-23(32-31-22)30-21-11-13-33(14-12-21)24(34)18-3-5-19(6-4-18)25(35)15-36-16-25/h1-10,21,35H,11-16H2,(H,30,32). The fraction of sp³-hybridized carbons (Fsp3) is 0.346. The number of rotatable bonds is 5. The third kappa shape index (κ3) is 5.05. The maximum atomic E-state index is 12.9. The number of alkyl halides is 3. The van der Waals surface area contributed by atoms with Crippen molar-refractivity contribution in [2.75, 3.05) is 31.6 Å². The molecule has 5 rings (SSSR count). The Morgan fingerprint density at radius 2 is 1.64 bits per heavy atom. The lowest BCUT2D eigenvalue weighted by Gasteiger charge is -2.37. The van der Waals surface area contributed by atoms with Crippen molar-refractivity contribution in [3.05, 3.63) is 77.4 Å². The van der Waals surface area contributed by atoms with Crippen molar-refractivity contribution in [1.82, 2.24) is 15.1 Å². The Hall–Kier alpha value is -3.50. The smallest absolute Gasteiger partial charge is 0.380 e. The quantitative estimate of drug-likeness (QED) is 0.551. The van der Waals surface area contributed by atoms with Crippen LogP contribution in [0.5, 0.6) is 0 Å². The first kappa shape index (κ1) is 24.2. The highest BCUT2D eigenvalue weighted by Crippen LogP contribution is 2.31. The van der Waals surface area contributed by atoms with Crippen molar-refractivity contribution in [1.29, 1.82) is 0 Å². The van der Waals surface area contributed by atoms with Crippen molar-refractivity contribution in [3.8, 4) is 11.3 Å². The lowest BCUT2D eigenvalue weighted by molar-refractivity contribution is -0.184. The summed E-state index contributed by atoms with van der Waals surface area (Å²) in [5.74, 6) is 0.529. The summed E-state index contributed by atoms with van der Waals surface area (Å²) in [6.07, 6.45) is -2.90. The Kier molecular flexibility index (Phi) is 6.40. The second-order valence-electron chi connectivity index (χ2n) is 9.19. The zero-order valence-electron chi connectivity index (χ0n) is 19.3. The molecule has 1 aromatic heterocycles. The van der Waals surface area contributed by atoms with Crippen molar-refractivity contribution >= 4 is 11.7 Å². The number of amides is 1. The van der Waals surface area contributed by atoms with Crippen LogP contribution >= 0.6 is 0 Å². The molecule has 1 amide bonds. The fourth-order valence-corrected chi connectivity index (χ4v) is 4.40. The number of nitrogens with one attached hydrogen (secondary N) is 1. The molecule has 3 heterocycles. The van der Waals surface area contributed by atoms with Gasteiger partial charge in [-0.25, -0.2) is 0 Å². The first-order valence-corrected chi connectivity index (χ1v) is 11.7. The average molecular weight is 499 g/mol. The molecule has 0 atom stereocenters. The monoisotopic (exact) mass is 498 g/mol. The van der Waals surface area contributed by atoms with Gasteiger partial charge < -0.3 is 20.1 Å². The lowest BCUT2D eigenvalue weighted by Crippen LogP contribution is -2.46. The minimum Gasteiger partial charge on any atom is -0.380 e. The Morgan fingerprint density at radius 1 is 0.972 bits per heavy atom. The molecule has 36 heavy (non-hydrogen) atoms. The van der Waals surface area contributed by atoms with E-state index in [9.17, 15) is 23.1 Å². The van der Waals surface area contributed by atoms with Gasteiger partial charge in [0.25, 0.3) is 5.91 Å². The molecule has 2 aliphatic rings. The molecule has 3 aromatic rings. The van der Waals surface area contributed by atoms with Gasteiger partial charge in [0.15, 0.2) is 0 Å². The van der Waals surface area contributed by atoms with Gasteiger partial charge in [-0.2, -0.15) is 13.2 Å². The molecule has 2 N–H and O–H groups in total. The van der Waals surface area contributed by atoms with Gasteiger partial charge in [0, 0.05) is 30.3 Å². The number of carbonyl (C=O) groups excluding carboxylic acids is 1. The molecule has 10 heteroatoms. The number of piperidine rings is 1. The third-order valence-corrected chi connectivity index (χ3v) is 6.66. The minimum absolute atomic E-state index is 0.0439. The Morgan fingerprint density at radius 3 is 2.17 bits per heavy atom. The van der Waals surface area contributed by atoms with Crippen molar-refractivity contribution in [3.63, 3.8) is 0 Å². The van der Waals surface area contributed by atoms with Gasteiger partial charge in [-0.3, -0.25) is 4.79 Å². The van der Waals surface area contributed by atoms with E-state index in [-0.39, 0.29) is 25.2 Å². The molecular formula is C26H25F3N4O3. The highest BCUT2D eigenvalue weighted by atomic mass is 19.4. The van der Waals surface area contributed by atoms with Crippen LogP contribution in [0.4, 0.5) is 19.0 Å². The van der Waals surface area contributed by atoms with Gasteiger partial charge in [0.1, 0.15) is 11.4 Å². The number of hydrogen-bond donors (Lipinski definition) is 2. The van der Waals surface area contributed by atoms with E-state index in [1.54, 1.807) is 36.4 Å². The van der Waals surface area contributed by atoms with Crippen molar-refractivity contribution in [2.24, 2.45) is 0 Å². The molecular weight excluding hydrogens is 473 g/mol. The van der Waals surface area contributed by atoms with E-state index < -0.39 is 17.3 Å². The first-order chi connectivity index (χ1) is 17.2. The van der Waals surface area contributed by atoms with E-state index in [4.69, 9.17) is 4.74 Å². The number of aliphatic hydroxyl groups is 1. The largest absolute Gasteiger partial charge is 0.416 e. The normalized spacial score (nSPS) is 17.9. The molecule has 2 aliphatic heterocycles. The zero-order chi connectivity index (χ0) is 25.3. The molecule has 0 spiro atoms. The van der Waals surface area contributed by atoms with Gasteiger partial charge in [0.05, 0.1) is 24.5 Å². The second kappa shape index (κ2) is 9.51. The highest BCUT2D eigenvalue weighted by Gasteiger charge is 2.38. The topological polar surface area (TPSA) is 87.6 Å². The third-order valence-electron chi connectivity index (χ3n) is 6.66. The van der Waals surface area contributed by atoms with Crippen LogP contribution in [0.1, 0.15) is 34.3 Å². The summed E-state index contributed by atoms with van der Waals surface area (Å²) < 4.78 is 43.3. The predicted molar refractivity (Wildman–Crippen MR) is 126 cm³/mol. The number of ether oxygens (including phenoxy) is 1. The molecule has 2 fully saturated rings. The van der Waals surface area contributed by atoms with Crippen LogP contribution in [-0.4, -0.2) is 58.5 Å². The summed E-state index contributed by atoms with van der Waals surface area (Å²) in [5, 5.41) is 22.0. The molecule has 2 saturated heterocycles. The fourth-order valence-electron chi connectivity index (χ4n) is 4.40. The van der Waals surface area contributed by atoms with Crippen molar-refractivity contribution in [2.45, 2.75) is 30.7 Å². The zero-order valence-corrected chi connectivity index (χ0v) is 19.3. The lowest BCUT2D eigenvalue weighted by atomic mass is 9.91. The number of anilines is 1. The summed E-state index contributed by atoms with van der Waals surface area (Å²) in [6.45, 7) is 1.71. The Balaban J connectivity index is 1.13. The van der Waals surface area contributed by atoms with Crippen LogP contribution in [0.25, 0.3) is 11.3 Å². The van der Waals surface area contributed by atoms with E-state index in [1.165, 1.54) is 12.1 Å². The summed E-state index contributed by atoms with van der Waals surface area (Å²) in [4.78, 5) is 14.7. The Labute approximate surface area is 205 Å². The van der Waals surface area contributed by atoms with Crippen LogP contribution in [0, 0.1) is 0 Å². The van der Waals surface area contributed by atoms with Gasteiger partial charge in [0.2, 0.25) is 0 Å². The SMILES string of the molecule is O=C(c1ccc(C2(O)COC2)cc1)N1CCC(Nc2ccc(-c3ccc(C(F)(F)F)cc3)nn2)CC1. The van der Waals surface area contributed by atoms with Crippen LogP contribution in [0.3, 0.4) is 0 Å². The van der Waals surface area contributed by atoms with Crippen LogP contribution in [0.15, 0.2) is 60.7 Å². The number of halogens is 3. The molecule has 0 radical (unpaired) electrons. The number of nitrogens with zero attached hydrogens (tertiary/aromatic N) is 3. The minimum atomic E-state index is -4.38. The first-order valence-electron chi connectivity index (χ1n) is 11.7. The number of hydrogen-bond acceptors (Lipinski definition) is 6. The second-order valence-corrected chi connectivity index (χ2v) is 9.19. The number of benzene rings is 2. The van der Waals surface area contributed by atoms with Gasteiger partial charge in [-0.15, -0.1) is 10.2 Å².